The summed E-state index contributed by atoms with van der Waals surface area (Å²) in [6.45, 7) is -0.00134. The highest BCUT2D eigenvalue weighted by Crippen LogP contribution is 2.14. The van der Waals surface area contributed by atoms with Gasteiger partial charge in [-0.3, -0.25) is 4.79 Å². The standard InChI is InChI=1S/C11H12BrF3N2O2/c1-7(5-19-6-11(13,14)15)17-10(18)9-3-2-8(12)4-16-9/h2-4,7H,5-6H2,1H3,(H,17,18)/t7-/m1/s1. The van der Waals surface area contributed by atoms with Gasteiger partial charge in [-0.2, -0.15) is 13.2 Å². The van der Waals surface area contributed by atoms with Crippen molar-refractivity contribution in [1.82, 2.24) is 10.3 Å². The summed E-state index contributed by atoms with van der Waals surface area (Å²) < 4.78 is 40.7. The van der Waals surface area contributed by atoms with Crippen LogP contribution < -0.4 is 5.32 Å². The minimum atomic E-state index is -4.36. The number of pyridine rings is 1. The van der Waals surface area contributed by atoms with Crippen molar-refractivity contribution in [2.24, 2.45) is 0 Å². The maximum absolute atomic E-state index is 11.8. The number of halogens is 4. The van der Waals surface area contributed by atoms with Gasteiger partial charge in [0.05, 0.1) is 6.61 Å². The molecule has 19 heavy (non-hydrogen) atoms. The van der Waals surface area contributed by atoms with Gasteiger partial charge in [0.25, 0.3) is 5.91 Å². The molecule has 1 heterocycles. The normalized spacial score (nSPS) is 13.1. The minimum Gasteiger partial charge on any atom is -0.370 e. The van der Waals surface area contributed by atoms with Crippen LogP contribution in [0.5, 0.6) is 0 Å². The first-order chi connectivity index (χ1) is 8.78. The average Bonchev–Trinajstić information content (AvgIpc) is 2.27. The number of carbonyl (C=O) groups excluding carboxylic acids is 1. The van der Waals surface area contributed by atoms with E-state index in [2.05, 4.69) is 31.0 Å². The van der Waals surface area contributed by atoms with Crippen LogP contribution >= 0.6 is 15.9 Å². The molecule has 0 spiro atoms. The number of aromatic nitrogens is 1. The Hall–Kier alpha value is -1.15. The quantitative estimate of drug-likeness (QED) is 0.896. The molecule has 0 aliphatic rings. The maximum atomic E-state index is 11.8. The first kappa shape index (κ1) is 15.9. The number of amides is 1. The fourth-order valence-electron chi connectivity index (χ4n) is 1.20. The fraction of sp³-hybridized carbons (Fsp3) is 0.455. The van der Waals surface area contributed by atoms with Gasteiger partial charge in [-0.05, 0) is 35.0 Å². The van der Waals surface area contributed by atoms with Crippen LogP contribution in [0, 0.1) is 0 Å². The number of ether oxygens (including phenoxy) is 1. The number of nitrogens with zero attached hydrogens (tertiary/aromatic N) is 1. The van der Waals surface area contributed by atoms with Gasteiger partial charge < -0.3 is 10.1 Å². The molecule has 1 N–H and O–H groups in total. The zero-order valence-corrected chi connectivity index (χ0v) is 11.6. The third-order valence-corrected chi connectivity index (χ3v) is 2.44. The molecule has 106 valence electrons. The number of hydrogen-bond acceptors (Lipinski definition) is 3. The van der Waals surface area contributed by atoms with E-state index in [0.29, 0.717) is 0 Å². The minimum absolute atomic E-state index is 0.186. The van der Waals surface area contributed by atoms with Crippen LogP contribution in [0.1, 0.15) is 17.4 Å². The lowest BCUT2D eigenvalue weighted by molar-refractivity contribution is -0.174. The molecular weight excluding hydrogens is 329 g/mol. The third-order valence-electron chi connectivity index (χ3n) is 1.97. The van der Waals surface area contributed by atoms with E-state index in [1.165, 1.54) is 12.3 Å². The summed E-state index contributed by atoms with van der Waals surface area (Å²) in [6, 6.07) is 2.61. The molecule has 0 radical (unpaired) electrons. The van der Waals surface area contributed by atoms with Gasteiger partial charge >= 0.3 is 6.18 Å². The monoisotopic (exact) mass is 340 g/mol. The summed E-state index contributed by atoms with van der Waals surface area (Å²) in [5.74, 6) is -0.462. The smallest absolute Gasteiger partial charge is 0.370 e. The topological polar surface area (TPSA) is 51.2 Å². The Kier molecular flexibility index (Phi) is 5.74. The largest absolute Gasteiger partial charge is 0.411 e. The second-order valence-corrected chi connectivity index (χ2v) is 4.78. The molecule has 1 atom stereocenters. The molecule has 0 saturated heterocycles. The molecule has 0 aliphatic heterocycles. The van der Waals surface area contributed by atoms with E-state index in [4.69, 9.17) is 0 Å². The van der Waals surface area contributed by atoms with E-state index >= 15 is 0 Å². The van der Waals surface area contributed by atoms with Gasteiger partial charge in [0.15, 0.2) is 0 Å². The van der Waals surface area contributed by atoms with Gasteiger partial charge in [-0.1, -0.05) is 0 Å². The van der Waals surface area contributed by atoms with E-state index < -0.39 is 24.7 Å². The van der Waals surface area contributed by atoms with Crippen molar-refractivity contribution >= 4 is 21.8 Å². The number of hydrogen-bond donors (Lipinski definition) is 1. The number of alkyl halides is 3. The van der Waals surface area contributed by atoms with Crippen LogP contribution in [0.15, 0.2) is 22.8 Å². The SMILES string of the molecule is C[C@H](COCC(F)(F)F)NC(=O)c1ccc(Br)cn1. The van der Waals surface area contributed by atoms with E-state index in [1.807, 2.05) is 0 Å². The predicted molar refractivity (Wildman–Crippen MR) is 65.7 cm³/mol. The first-order valence-electron chi connectivity index (χ1n) is 5.35. The number of nitrogens with one attached hydrogen (secondary N) is 1. The van der Waals surface area contributed by atoms with Crippen molar-refractivity contribution < 1.29 is 22.7 Å². The number of carbonyl (C=O) groups is 1. The molecule has 1 rings (SSSR count). The Balaban J connectivity index is 2.38. The molecule has 0 bridgehead atoms. The zero-order chi connectivity index (χ0) is 14.5. The fourth-order valence-corrected chi connectivity index (χ4v) is 1.44. The van der Waals surface area contributed by atoms with Crippen LogP contribution in [0.4, 0.5) is 13.2 Å². The summed E-state index contributed by atoms with van der Waals surface area (Å²) >= 11 is 3.18. The van der Waals surface area contributed by atoms with Crippen LogP contribution in [-0.4, -0.2) is 36.3 Å². The second-order valence-electron chi connectivity index (χ2n) is 3.87. The Morgan fingerprint density at radius 1 is 1.53 bits per heavy atom. The molecular formula is C11H12BrF3N2O2. The average molecular weight is 341 g/mol. The lowest BCUT2D eigenvalue weighted by atomic mass is 10.3. The Morgan fingerprint density at radius 2 is 2.21 bits per heavy atom. The van der Waals surface area contributed by atoms with Crippen molar-refractivity contribution in [2.75, 3.05) is 13.2 Å². The van der Waals surface area contributed by atoms with Crippen LogP contribution in [0.25, 0.3) is 0 Å². The first-order valence-corrected chi connectivity index (χ1v) is 6.14. The summed E-state index contributed by atoms with van der Waals surface area (Å²) in [5.41, 5.74) is 0.186. The number of rotatable bonds is 5. The van der Waals surface area contributed by atoms with Crippen LogP contribution in [-0.2, 0) is 4.74 Å². The maximum Gasteiger partial charge on any atom is 0.411 e. The Labute approximate surface area is 116 Å². The molecule has 1 aromatic heterocycles. The summed E-state index contributed by atoms with van der Waals surface area (Å²) in [5, 5.41) is 2.49. The highest BCUT2D eigenvalue weighted by Gasteiger charge is 2.27. The Bertz CT molecular complexity index is 423. The molecule has 0 unspecified atom stereocenters. The lowest BCUT2D eigenvalue weighted by Gasteiger charge is -2.14. The van der Waals surface area contributed by atoms with E-state index in [0.717, 1.165) is 4.47 Å². The zero-order valence-electron chi connectivity index (χ0n) is 10.00. The molecule has 1 aromatic rings. The van der Waals surface area contributed by atoms with Crippen molar-refractivity contribution in [3.63, 3.8) is 0 Å². The molecule has 4 nitrogen and oxygen atoms in total. The summed E-state index contributed by atoms with van der Waals surface area (Å²) in [6.07, 6.45) is -2.91. The predicted octanol–water partition coefficient (Wildman–Crippen LogP) is 2.54. The van der Waals surface area contributed by atoms with Crippen molar-refractivity contribution in [3.05, 3.63) is 28.5 Å². The van der Waals surface area contributed by atoms with Gasteiger partial charge in [-0.25, -0.2) is 4.98 Å². The molecule has 0 saturated carbocycles. The molecule has 8 heteroatoms. The van der Waals surface area contributed by atoms with E-state index in [-0.39, 0.29) is 12.3 Å². The van der Waals surface area contributed by atoms with Crippen molar-refractivity contribution in [1.29, 1.82) is 0 Å². The molecule has 0 aromatic carbocycles. The molecule has 0 aliphatic carbocycles. The molecule has 0 fully saturated rings. The van der Waals surface area contributed by atoms with Crippen LogP contribution in [0.2, 0.25) is 0 Å². The third kappa shape index (κ3) is 6.53. The van der Waals surface area contributed by atoms with E-state index in [1.54, 1.807) is 13.0 Å². The van der Waals surface area contributed by atoms with Gasteiger partial charge in [-0.15, -0.1) is 0 Å². The summed E-state index contributed by atoms with van der Waals surface area (Å²) in [4.78, 5) is 15.5. The van der Waals surface area contributed by atoms with Gasteiger partial charge in [0.2, 0.25) is 0 Å². The van der Waals surface area contributed by atoms with Crippen molar-refractivity contribution in [2.45, 2.75) is 19.1 Å². The molecule has 1 amide bonds. The lowest BCUT2D eigenvalue weighted by Crippen LogP contribution is -2.37. The highest BCUT2D eigenvalue weighted by atomic mass is 79.9. The van der Waals surface area contributed by atoms with Crippen molar-refractivity contribution in [3.8, 4) is 0 Å². The highest BCUT2D eigenvalue weighted by molar-refractivity contribution is 9.10. The van der Waals surface area contributed by atoms with Gasteiger partial charge in [0, 0.05) is 16.7 Å². The van der Waals surface area contributed by atoms with E-state index in [9.17, 15) is 18.0 Å². The summed E-state index contributed by atoms with van der Waals surface area (Å²) in [7, 11) is 0. The Morgan fingerprint density at radius 3 is 2.74 bits per heavy atom. The van der Waals surface area contributed by atoms with Crippen LogP contribution in [0.3, 0.4) is 0 Å². The second kappa shape index (κ2) is 6.85. The van der Waals surface area contributed by atoms with Gasteiger partial charge in [0.1, 0.15) is 12.3 Å².